The fraction of sp³-hybridized carbons (Fsp3) is 0.364. The Kier molecular flexibility index (Phi) is 4.98. The Morgan fingerprint density at radius 2 is 2.00 bits per heavy atom. The van der Waals surface area contributed by atoms with Crippen molar-refractivity contribution in [2.24, 2.45) is 0 Å². The number of aliphatic carboxylic acids is 1. The standard InChI is InChI=1S/C11H10ClF3O3/c12-8-4-2-1-3-7(8)10(11(13,14)15)18-6-5-9(16)17/h1-4,10H,5-6H2,(H,16,17)/t10-/m0/s1. The third-order valence-corrected chi connectivity index (χ3v) is 2.43. The average molecular weight is 283 g/mol. The highest BCUT2D eigenvalue weighted by Crippen LogP contribution is 2.38. The Bertz CT molecular complexity index is 420. The minimum atomic E-state index is -4.65. The molecule has 1 rings (SSSR count). The van der Waals surface area contributed by atoms with Crippen LogP contribution < -0.4 is 0 Å². The van der Waals surface area contributed by atoms with E-state index >= 15 is 0 Å². The molecule has 0 radical (unpaired) electrons. The highest BCUT2D eigenvalue weighted by atomic mass is 35.5. The van der Waals surface area contributed by atoms with Crippen molar-refractivity contribution in [3.8, 4) is 0 Å². The third kappa shape index (κ3) is 4.19. The minimum Gasteiger partial charge on any atom is -0.481 e. The van der Waals surface area contributed by atoms with Crippen molar-refractivity contribution in [3.63, 3.8) is 0 Å². The van der Waals surface area contributed by atoms with Gasteiger partial charge in [-0.2, -0.15) is 13.2 Å². The zero-order valence-corrected chi connectivity index (χ0v) is 9.83. The number of alkyl halides is 3. The van der Waals surface area contributed by atoms with Gasteiger partial charge in [-0.15, -0.1) is 0 Å². The molecule has 1 aromatic carbocycles. The number of carboxylic acids is 1. The van der Waals surface area contributed by atoms with E-state index in [1.54, 1.807) is 0 Å². The molecule has 0 spiro atoms. The summed E-state index contributed by atoms with van der Waals surface area (Å²) >= 11 is 5.67. The van der Waals surface area contributed by atoms with Crippen molar-refractivity contribution < 1.29 is 27.8 Å². The molecule has 1 N–H and O–H groups in total. The molecule has 0 fully saturated rings. The van der Waals surface area contributed by atoms with Crippen LogP contribution in [0.3, 0.4) is 0 Å². The second kappa shape index (κ2) is 6.06. The van der Waals surface area contributed by atoms with Crippen molar-refractivity contribution in [2.45, 2.75) is 18.7 Å². The topological polar surface area (TPSA) is 46.5 Å². The van der Waals surface area contributed by atoms with E-state index in [0.29, 0.717) is 0 Å². The van der Waals surface area contributed by atoms with Gasteiger partial charge in [-0.3, -0.25) is 4.79 Å². The molecule has 0 saturated carbocycles. The molecular weight excluding hydrogens is 273 g/mol. The van der Waals surface area contributed by atoms with E-state index in [9.17, 15) is 18.0 Å². The van der Waals surface area contributed by atoms with E-state index in [1.165, 1.54) is 24.3 Å². The zero-order chi connectivity index (χ0) is 13.8. The van der Waals surface area contributed by atoms with Crippen molar-refractivity contribution >= 4 is 17.6 Å². The summed E-state index contributed by atoms with van der Waals surface area (Å²) in [6.45, 7) is -0.537. The first-order valence-corrected chi connectivity index (χ1v) is 5.34. The number of carboxylic acid groups (broad SMARTS) is 1. The van der Waals surface area contributed by atoms with Crippen LogP contribution in [0, 0.1) is 0 Å². The maximum Gasteiger partial charge on any atom is 0.418 e. The van der Waals surface area contributed by atoms with Crippen LogP contribution in [0.5, 0.6) is 0 Å². The Morgan fingerprint density at radius 1 is 1.39 bits per heavy atom. The Balaban J connectivity index is 2.86. The van der Waals surface area contributed by atoms with Gasteiger partial charge in [0.2, 0.25) is 0 Å². The highest BCUT2D eigenvalue weighted by molar-refractivity contribution is 6.31. The van der Waals surface area contributed by atoms with Crippen molar-refractivity contribution in [2.75, 3.05) is 6.61 Å². The normalized spacial score (nSPS) is 13.3. The van der Waals surface area contributed by atoms with Crippen molar-refractivity contribution in [1.82, 2.24) is 0 Å². The van der Waals surface area contributed by atoms with Crippen LogP contribution in [0.15, 0.2) is 24.3 Å². The van der Waals surface area contributed by atoms with Gasteiger partial charge in [-0.1, -0.05) is 29.8 Å². The van der Waals surface area contributed by atoms with Crippen LogP contribution in [0.4, 0.5) is 13.2 Å². The summed E-state index contributed by atoms with van der Waals surface area (Å²) in [5, 5.41) is 8.29. The molecule has 0 bridgehead atoms. The summed E-state index contributed by atoms with van der Waals surface area (Å²) in [5.74, 6) is -1.23. The molecule has 0 aromatic heterocycles. The van der Waals surface area contributed by atoms with Gasteiger partial charge in [0, 0.05) is 10.6 Å². The lowest BCUT2D eigenvalue weighted by molar-refractivity contribution is -0.224. The molecule has 18 heavy (non-hydrogen) atoms. The molecule has 0 aliphatic rings. The first kappa shape index (κ1) is 14.8. The molecular formula is C11H10ClF3O3. The maximum absolute atomic E-state index is 12.8. The van der Waals surface area contributed by atoms with E-state index < -0.39 is 31.3 Å². The summed E-state index contributed by atoms with van der Waals surface area (Å²) in [5.41, 5.74) is -0.225. The van der Waals surface area contributed by atoms with E-state index in [4.69, 9.17) is 16.7 Å². The van der Waals surface area contributed by atoms with Gasteiger partial charge >= 0.3 is 12.1 Å². The Morgan fingerprint density at radius 3 is 2.50 bits per heavy atom. The van der Waals surface area contributed by atoms with Gasteiger partial charge in [0.1, 0.15) is 0 Å². The molecule has 100 valence electrons. The number of carbonyl (C=O) groups is 1. The molecule has 0 aliphatic carbocycles. The van der Waals surface area contributed by atoms with Crippen molar-refractivity contribution in [3.05, 3.63) is 34.9 Å². The summed E-state index contributed by atoms with van der Waals surface area (Å²) in [7, 11) is 0. The lowest BCUT2D eigenvalue weighted by Crippen LogP contribution is -2.25. The van der Waals surface area contributed by atoms with Gasteiger partial charge in [-0.25, -0.2) is 0 Å². The molecule has 3 nitrogen and oxygen atoms in total. The highest BCUT2D eigenvalue weighted by Gasteiger charge is 2.42. The number of halogens is 4. The number of rotatable bonds is 5. The SMILES string of the molecule is O=C(O)CCO[C@@H](c1ccccc1Cl)C(F)(F)F. The molecule has 0 amide bonds. The maximum atomic E-state index is 12.8. The second-order valence-corrected chi connectivity index (χ2v) is 3.86. The lowest BCUT2D eigenvalue weighted by Gasteiger charge is -2.21. The largest absolute Gasteiger partial charge is 0.481 e. The second-order valence-electron chi connectivity index (χ2n) is 3.46. The summed E-state index contributed by atoms with van der Waals surface area (Å²) in [4.78, 5) is 10.2. The fourth-order valence-corrected chi connectivity index (χ4v) is 1.55. The predicted molar refractivity (Wildman–Crippen MR) is 58.5 cm³/mol. The minimum absolute atomic E-state index is 0.0739. The van der Waals surface area contributed by atoms with Crippen LogP contribution in [-0.4, -0.2) is 23.9 Å². The molecule has 0 saturated heterocycles. The van der Waals surface area contributed by atoms with Gasteiger partial charge < -0.3 is 9.84 Å². The summed E-state index contributed by atoms with van der Waals surface area (Å²) < 4.78 is 42.9. The molecule has 7 heteroatoms. The van der Waals surface area contributed by atoms with Crippen LogP contribution >= 0.6 is 11.6 Å². The van der Waals surface area contributed by atoms with Gasteiger partial charge in [0.05, 0.1) is 13.0 Å². The van der Waals surface area contributed by atoms with Crippen molar-refractivity contribution in [1.29, 1.82) is 0 Å². The Hall–Kier alpha value is -1.27. The number of benzene rings is 1. The molecule has 1 aromatic rings. The first-order chi connectivity index (χ1) is 8.32. The Labute approximate surface area is 106 Å². The molecule has 0 heterocycles. The summed E-state index contributed by atoms with van der Waals surface area (Å²) in [6, 6.07) is 5.41. The third-order valence-electron chi connectivity index (χ3n) is 2.09. The van der Waals surface area contributed by atoms with Crippen LogP contribution in [0.25, 0.3) is 0 Å². The lowest BCUT2D eigenvalue weighted by atomic mass is 10.1. The number of hydrogen-bond acceptors (Lipinski definition) is 2. The van der Waals surface area contributed by atoms with Gasteiger partial charge in [0.25, 0.3) is 0 Å². The number of hydrogen-bond donors (Lipinski definition) is 1. The van der Waals surface area contributed by atoms with E-state index in [-0.39, 0.29) is 10.6 Å². The quantitative estimate of drug-likeness (QED) is 0.900. The smallest absolute Gasteiger partial charge is 0.418 e. The van der Waals surface area contributed by atoms with E-state index in [0.717, 1.165) is 0 Å². The van der Waals surface area contributed by atoms with Crippen LogP contribution in [-0.2, 0) is 9.53 Å². The monoisotopic (exact) mass is 282 g/mol. The fourth-order valence-electron chi connectivity index (χ4n) is 1.31. The molecule has 1 atom stereocenters. The number of ether oxygens (including phenoxy) is 1. The summed E-state index contributed by atoms with van der Waals surface area (Å²) in [6.07, 6.45) is -7.37. The van der Waals surface area contributed by atoms with Crippen LogP contribution in [0.1, 0.15) is 18.1 Å². The van der Waals surface area contributed by atoms with Gasteiger partial charge in [0.15, 0.2) is 6.10 Å². The van der Waals surface area contributed by atoms with E-state index in [2.05, 4.69) is 4.74 Å². The molecule has 0 aliphatic heterocycles. The zero-order valence-electron chi connectivity index (χ0n) is 9.08. The predicted octanol–water partition coefficient (Wildman–Crippen LogP) is 3.43. The van der Waals surface area contributed by atoms with Crippen LogP contribution in [0.2, 0.25) is 5.02 Å². The average Bonchev–Trinajstić information content (AvgIpc) is 2.24. The van der Waals surface area contributed by atoms with Gasteiger partial charge in [-0.05, 0) is 6.07 Å². The van der Waals surface area contributed by atoms with E-state index in [1.807, 2.05) is 0 Å². The molecule has 0 unspecified atom stereocenters. The first-order valence-electron chi connectivity index (χ1n) is 4.97.